The van der Waals surface area contributed by atoms with Crippen LogP contribution in [-0.4, -0.2) is 46.3 Å². The normalized spacial score (nSPS) is 20.7. The molecule has 0 spiro atoms. The standard InChI is InChI=1S/C12H20N4O/c1-8-7-13-5-6-16(8)12(17)11-9(2)14-15(4)10(11)3/h8,13H,5-7H2,1-4H3/t8-/m1/s1. The van der Waals surface area contributed by atoms with Crippen LogP contribution in [0.25, 0.3) is 0 Å². The van der Waals surface area contributed by atoms with E-state index >= 15 is 0 Å². The summed E-state index contributed by atoms with van der Waals surface area (Å²) in [5, 5.41) is 7.60. The zero-order valence-corrected chi connectivity index (χ0v) is 10.9. The lowest BCUT2D eigenvalue weighted by atomic mass is 10.1. The molecular formula is C12H20N4O. The number of aryl methyl sites for hydroxylation is 2. The van der Waals surface area contributed by atoms with Crippen LogP contribution in [-0.2, 0) is 7.05 Å². The fourth-order valence-corrected chi connectivity index (χ4v) is 2.37. The number of piperazine rings is 1. The number of nitrogens with one attached hydrogen (secondary N) is 1. The molecule has 1 aromatic rings. The van der Waals surface area contributed by atoms with Gasteiger partial charge in [0.05, 0.1) is 11.3 Å². The van der Waals surface area contributed by atoms with Crippen molar-refractivity contribution in [1.29, 1.82) is 0 Å². The van der Waals surface area contributed by atoms with Crippen molar-refractivity contribution in [3.8, 4) is 0 Å². The molecule has 94 valence electrons. The Morgan fingerprint density at radius 3 is 2.71 bits per heavy atom. The Morgan fingerprint density at radius 1 is 1.47 bits per heavy atom. The van der Waals surface area contributed by atoms with Crippen LogP contribution in [0.4, 0.5) is 0 Å². The molecule has 17 heavy (non-hydrogen) atoms. The molecule has 2 rings (SSSR count). The third-order valence-corrected chi connectivity index (χ3v) is 3.49. The first kappa shape index (κ1) is 12.1. The summed E-state index contributed by atoms with van der Waals surface area (Å²) < 4.78 is 1.77. The van der Waals surface area contributed by atoms with Crippen LogP contribution in [0.5, 0.6) is 0 Å². The minimum atomic E-state index is 0.113. The van der Waals surface area contributed by atoms with Gasteiger partial charge in [-0.05, 0) is 20.8 Å². The van der Waals surface area contributed by atoms with Crippen molar-refractivity contribution in [3.63, 3.8) is 0 Å². The van der Waals surface area contributed by atoms with Crippen molar-refractivity contribution in [2.75, 3.05) is 19.6 Å². The molecule has 0 unspecified atom stereocenters. The van der Waals surface area contributed by atoms with Crippen LogP contribution < -0.4 is 5.32 Å². The molecule has 1 aromatic heterocycles. The van der Waals surface area contributed by atoms with Gasteiger partial charge in [0.25, 0.3) is 5.91 Å². The second-order valence-electron chi connectivity index (χ2n) is 4.72. The molecule has 1 aliphatic rings. The first-order valence-electron chi connectivity index (χ1n) is 6.04. The van der Waals surface area contributed by atoms with Gasteiger partial charge in [-0.3, -0.25) is 9.48 Å². The number of amides is 1. The van der Waals surface area contributed by atoms with Gasteiger partial charge in [-0.15, -0.1) is 0 Å². The smallest absolute Gasteiger partial charge is 0.257 e. The van der Waals surface area contributed by atoms with Gasteiger partial charge >= 0.3 is 0 Å². The molecule has 1 amide bonds. The van der Waals surface area contributed by atoms with Crippen LogP contribution in [0.3, 0.4) is 0 Å². The van der Waals surface area contributed by atoms with E-state index in [0.29, 0.717) is 0 Å². The summed E-state index contributed by atoms with van der Waals surface area (Å²) in [6.45, 7) is 8.42. The van der Waals surface area contributed by atoms with E-state index < -0.39 is 0 Å². The predicted molar refractivity (Wildman–Crippen MR) is 66.1 cm³/mol. The fraction of sp³-hybridized carbons (Fsp3) is 0.667. The first-order valence-corrected chi connectivity index (χ1v) is 6.04. The van der Waals surface area contributed by atoms with Crippen LogP contribution in [0.1, 0.15) is 28.7 Å². The SMILES string of the molecule is Cc1nn(C)c(C)c1C(=O)N1CCNC[C@H]1C. The highest BCUT2D eigenvalue weighted by atomic mass is 16.2. The first-order chi connectivity index (χ1) is 8.02. The highest BCUT2D eigenvalue weighted by Gasteiger charge is 2.27. The van der Waals surface area contributed by atoms with Crippen LogP contribution >= 0.6 is 0 Å². The van der Waals surface area contributed by atoms with Crippen LogP contribution in [0.2, 0.25) is 0 Å². The summed E-state index contributed by atoms with van der Waals surface area (Å²) in [5.41, 5.74) is 2.53. The molecule has 2 heterocycles. The number of carbonyl (C=O) groups excluding carboxylic acids is 1. The number of aromatic nitrogens is 2. The zero-order valence-electron chi connectivity index (χ0n) is 10.9. The summed E-state index contributed by atoms with van der Waals surface area (Å²) in [7, 11) is 1.88. The molecule has 0 bridgehead atoms. The molecule has 1 saturated heterocycles. The van der Waals surface area contributed by atoms with Crippen molar-refractivity contribution in [1.82, 2.24) is 20.0 Å². The molecule has 5 nitrogen and oxygen atoms in total. The number of nitrogens with zero attached hydrogens (tertiary/aromatic N) is 3. The van der Waals surface area contributed by atoms with E-state index in [1.165, 1.54) is 0 Å². The molecule has 5 heteroatoms. The Balaban J connectivity index is 2.30. The van der Waals surface area contributed by atoms with Gasteiger partial charge < -0.3 is 10.2 Å². The van der Waals surface area contributed by atoms with E-state index in [0.717, 1.165) is 36.6 Å². The van der Waals surface area contributed by atoms with E-state index in [-0.39, 0.29) is 11.9 Å². The van der Waals surface area contributed by atoms with E-state index in [2.05, 4.69) is 17.3 Å². The van der Waals surface area contributed by atoms with Gasteiger partial charge in [-0.1, -0.05) is 0 Å². The van der Waals surface area contributed by atoms with Gasteiger partial charge in [0.2, 0.25) is 0 Å². The van der Waals surface area contributed by atoms with Gasteiger partial charge in [0.15, 0.2) is 0 Å². The second kappa shape index (κ2) is 4.49. The Morgan fingerprint density at radius 2 is 2.18 bits per heavy atom. The van der Waals surface area contributed by atoms with Gasteiger partial charge in [0, 0.05) is 38.4 Å². The monoisotopic (exact) mass is 236 g/mol. The molecule has 1 aliphatic heterocycles. The highest BCUT2D eigenvalue weighted by Crippen LogP contribution is 2.17. The molecular weight excluding hydrogens is 216 g/mol. The molecule has 0 aromatic carbocycles. The van der Waals surface area contributed by atoms with Crippen molar-refractivity contribution in [2.24, 2.45) is 7.05 Å². The zero-order chi connectivity index (χ0) is 12.6. The van der Waals surface area contributed by atoms with Crippen molar-refractivity contribution in [3.05, 3.63) is 17.0 Å². The Bertz CT molecular complexity index is 438. The molecule has 0 radical (unpaired) electrons. The van der Waals surface area contributed by atoms with Crippen LogP contribution in [0, 0.1) is 13.8 Å². The fourth-order valence-electron chi connectivity index (χ4n) is 2.37. The minimum Gasteiger partial charge on any atom is -0.333 e. The molecule has 1 N–H and O–H groups in total. The van der Waals surface area contributed by atoms with Crippen molar-refractivity contribution in [2.45, 2.75) is 26.8 Å². The lowest BCUT2D eigenvalue weighted by molar-refractivity contribution is 0.0654. The topological polar surface area (TPSA) is 50.2 Å². The van der Waals surface area contributed by atoms with Gasteiger partial charge in [-0.25, -0.2) is 0 Å². The summed E-state index contributed by atoms with van der Waals surface area (Å²) in [6.07, 6.45) is 0. The lowest BCUT2D eigenvalue weighted by Gasteiger charge is -2.34. The molecule has 1 atom stereocenters. The summed E-state index contributed by atoms with van der Waals surface area (Å²) in [6, 6.07) is 0.246. The van der Waals surface area contributed by atoms with Crippen molar-refractivity contribution >= 4 is 5.91 Å². The third kappa shape index (κ3) is 2.07. The second-order valence-corrected chi connectivity index (χ2v) is 4.72. The summed E-state index contributed by atoms with van der Waals surface area (Å²) in [5.74, 6) is 0.113. The number of carbonyl (C=O) groups is 1. The largest absolute Gasteiger partial charge is 0.333 e. The van der Waals surface area contributed by atoms with Crippen LogP contribution in [0.15, 0.2) is 0 Å². The maximum absolute atomic E-state index is 12.5. The Kier molecular flexibility index (Phi) is 3.19. The minimum absolute atomic E-state index is 0.113. The number of rotatable bonds is 1. The highest BCUT2D eigenvalue weighted by molar-refractivity contribution is 5.96. The quantitative estimate of drug-likeness (QED) is 0.771. The van der Waals surface area contributed by atoms with Crippen molar-refractivity contribution < 1.29 is 4.79 Å². The predicted octanol–water partition coefficient (Wildman–Crippen LogP) is 0.471. The lowest BCUT2D eigenvalue weighted by Crippen LogP contribution is -2.52. The maximum Gasteiger partial charge on any atom is 0.257 e. The molecule has 0 saturated carbocycles. The van der Waals surface area contributed by atoms with Gasteiger partial charge in [0.1, 0.15) is 0 Å². The average Bonchev–Trinajstić information content (AvgIpc) is 2.53. The van der Waals surface area contributed by atoms with E-state index in [1.807, 2.05) is 25.8 Å². The Hall–Kier alpha value is -1.36. The number of hydrogen-bond acceptors (Lipinski definition) is 3. The Labute approximate surface area is 102 Å². The van der Waals surface area contributed by atoms with E-state index in [1.54, 1.807) is 4.68 Å². The third-order valence-electron chi connectivity index (χ3n) is 3.49. The summed E-state index contributed by atoms with van der Waals surface area (Å²) >= 11 is 0. The van der Waals surface area contributed by atoms with E-state index in [4.69, 9.17) is 0 Å². The maximum atomic E-state index is 12.5. The molecule has 0 aliphatic carbocycles. The van der Waals surface area contributed by atoms with E-state index in [9.17, 15) is 4.79 Å². The average molecular weight is 236 g/mol. The van der Waals surface area contributed by atoms with Gasteiger partial charge in [-0.2, -0.15) is 5.10 Å². The summed E-state index contributed by atoms with van der Waals surface area (Å²) in [4.78, 5) is 14.4. The number of hydrogen-bond donors (Lipinski definition) is 1. The molecule has 1 fully saturated rings.